The minimum atomic E-state index is -0.492. The van der Waals surface area contributed by atoms with Crippen molar-refractivity contribution >= 4 is 22.3 Å². The zero-order chi connectivity index (χ0) is 17.6. The van der Waals surface area contributed by atoms with Gasteiger partial charge in [0.1, 0.15) is 0 Å². The molecule has 2 aromatic heterocycles. The number of benzene rings is 1. The van der Waals surface area contributed by atoms with Crippen molar-refractivity contribution in [1.82, 2.24) is 14.8 Å². The lowest BCUT2D eigenvalue weighted by Gasteiger charge is -2.06. The molecular formula is C18H17ClN4OS. The molecule has 0 radical (unpaired) electrons. The second kappa shape index (κ2) is 6.28. The van der Waals surface area contributed by atoms with Gasteiger partial charge in [-0.1, -0.05) is 34.4 Å². The first-order valence-electron chi connectivity index (χ1n) is 8.00. The van der Waals surface area contributed by atoms with Gasteiger partial charge >= 0.3 is 0 Å². The molecular weight excluding hydrogens is 356 g/mol. The van der Waals surface area contributed by atoms with Crippen LogP contribution in [0.4, 0.5) is 0 Å². The van der Waals surface area contributed by atoms with E-state index in [1.165, 1.54) is 4.68 Å². The Bertz CT molecular complexity index is 946. The lowest BCUT2D eigenvalue weighted by atomic mass is 10.1. The van der Waals surface area contributed by atoms with E-state index >= 15 is 0 Å². The molecule has 1 aromatic carbocycles. The maximum Gasteiger partial charge on any atom is 0.223 e. The number of rotatable bonds is 4. The molecule has 5 nitrogen and oxygen atoms in total. The highest BCUT2D eigenvalue weighted by molar-refractivity contribution is 7.87. The predicted molar refractivity (Wildman–Crippen MR) is 99.6 cm³/mol. The van der Waals surface area contributed by atoms with Gasteiger partial charge in [-0.05, 0) is 49.6 Å². The summed E-state index contributed by atoms with van der Waals surface area (Å²) in [5.41, 5.74) is 2.23. The van der Waals surface area contributed by atoms with E-state index < -0.39 is 10.7 Å². The Morgan fingerprint density at radius 3 is 2.52 bits per heavy atom. The van der Waals surface area contributed by atoms with Crippen LogP contribution in [0.25, 0.3) is 16.9 Å². The monoisotopic (exact) mass is 372 g/mol. The highest BCUT2D eigenvalue weighted by atomic mass is 35.5. The van der Waals surface area contributed by atoms with Crippen LogP contribution in [0.5, 0.6) is 5.88 Å². The van der Waals surface area contributed by atoms with Crippen LogP contribution in [-0.4, -0.2) is 25.1 Å². The molecule has 2 heterocycles. The van der Waals surface area contributed by atoms with Crippen molar-refractivity contribution < 1.29 is 5.11 Å². The van der Waals surface area contributed by atoms with E-state index in [9.17, 15) is 5.11 Å². The fourth-order valence-corrected chi connectivity index (χ4v) is 4.25. The normalized spacial score (nSPS) is 15.3. The molecule has 1 unspecified atom stereocenters. The summed E-state index contributed by atoms with van der Waals surface area (Å²) < 4.78 is 9.65. The summed E-state index contributed by atoms with van der Waals surface area (Å²) in [6.07, 6.45) is 4.00. The Morgan fingerprint density at radius 2 is 1.92 bits per heavy atom. The summed E-state index contributed by atoms with van der Waals surface area (Å²) >= 11 is 5.94. The fraction of sp³-hybridized carbons (Fsp3) is 0.222. The molecule has 25 heavy (non-hydrogen) atoms. The molecule has 0 bridgehead atoms. The third-order valence-corrected chi connectivity index (χ3v) is 6.36. The molecule has 3 aromatic rings. The molecule has 128 valence electrons. The first-order valence-corrected chi connectivity index (χ1v) is 9.66. The van der Waals surface area contributed by atoms with E-state index in [0.717, 1.165) is 23.3 Å². The average Bonchev–Trinajstić information content (AvgIpc) is 3.42. The molecule has 0 saturated heterocycles. The number of hydrogen-bond acceptors (Lipinski definition) is 4. The third-order valence-electron chi connectivity index (χ3n) is 4.22. The standard InChI is InChI=1S/C18H17ClN4OS/c1-11-17(12-2-4-13(19)5-3-12)18(24)23(22-11)16-9-8-15(10-21-16)25(20)14-6-7-14/h2-5,8-10,14,20,24H,6-7H2,1H3. The maximum atomic E-state index is 10.7. The number of halogens is 1. The molecule has 1 atom stereocenters. The van der Waals surface area contributed by atoms with Crippen LogP contribution in [0.15, 0.2) is 47.5 Å². The molecule has 1 fully saturated rings. The fourth-order valence-electron chi connectivity index (χ4n) is 2.75. The number of aryl methyl sites for hydroxylation is 1. The Morgan fingerprint density at radius 1 is 1.20 bits per heavy atom. The van der Waals surface area contributed by atoms with Gasteiger partial charge < -0.3 is 5.11 Å². The van der Waals surface area contributed by atoms with Gasteiger partial charge in [0, 0.05) is 21.4 Å². The van der Waals surface area contributed by atoms with Crippen molar-refractivity contribution in [3.05, 3.63) is 53.3 Å². The van der Waals surface area contributed by atoms with Crippen LogP contribution >= 0.6 is 11.6 Å². The number of aromatic hydroxyl groups is 1. The van der Waals surface area contributed by atoms with Crippen LogP contribution in [0.2, 0.25) is 5.02 Å². The van der Waals surface area contributed by atoms with Crippen molar-refractivity contribution in [2.45, 2.75) is 29.9 Å². The van der Waals surface area contributed by atoms with Gasteiger partial charge in [-0.2, -0.15) is 9.78 Å². The number of hydrogen-bond donors (Lipinski definition) is 2. The lowest BCUT2D eigenvalue weighted by molar-refractivity contribution is 0.433. The van der Waals surface area contributed by atoms with Crippen LogP contribution in [0, 0.1) is 11.7 Å². The van der Waals surface area contributed by atoms with Gasteiger partial charge in [-0.3, -0.25) is 4.78 Å². The van der Waals surface area contributed by atoms with Gasteiger partial charge in [-0.25, -0.2) is 4.98 Å². The summed E-state index contributed by atoms with van der Waals surface area (Å²) in [6.45, 7) is 1.85. The van der Waals surface area contributed by atoms with Gasteiger partial charge in [-0.15, -0.1) is 0 Å². The van der Waals surface area contributed by atoms with Crippen LogP contribution in [0.3, 0.4) is 0 Å². The van der Waals surface area contributed by atoms with E-state index in [0.29, 0.717) is 27.3 Å². The number of nitrogens with one attached hydrogen (secondary N) is 1. The molecule has 0 amide bonds. The van der Waals surface area contributed by atoms with E-state index in [1.807, 2.05) is 31.2 Å². The molecule has 2 N–H and O–H groups in total. The molecule has 4 rings (SSSR count). The minimum absolute atomic E-state index is 0.0483. The van der Waals surface area contributed by atoms with Crippen molar-refractivity contribution in [2.75, 3.05) is 0 Å². The largest absolute Gasteiger partial charge is 0.493 e. The highest BCUT2D eigenvalue weighted by Gasteiger charge is 2.26. The lowest BCUT2D eigenvalue weighted by Crippen LogP contribution is -2.02. The molecule has 0 spiro atoms. The van der Waals surface area contributed by atoms with Gasteiger partial charge in [0.25, 0.3) is 0 Å². The van der Waals surface area contributed by atoms with Crippen LogP contribution < -0.4 is 0 Å². The van der Waals surface area contributed by atoms with Gasteiger partial charge in [0.15, 0.2) is 5.82 Å². The summed E-state index contributed by atoms with van der Waals surface area (Å²) in [6, 6.07) is 11.0. The Balaban J connectivity index is 1.70. The first kappa shape index (κ1) is 16.3. The SMILES string of the molecule is Cc1nn(-c2ccc(S(=N)C3CC3)cn2)c(O)c1-c1ccc(Cl)cc1. The van der Waals surface area contributed by atoms with Crippen LogP contribution in [0.1, 0.15) is 18.5 Å². The molecule has 1 saturated carbocycles. The smallest absolute Gasteiger partial charge is 0.223 e. The van der Waals surface area contributed by atoms with E-state index in [1.54, 1.807) is 18.3 Å². The van der Waals surface area contributed by atoms with Gasteiger partial charge in [0.2, 0.25) is 5.88 Å². The van der Waals surface area contributed by atoms with E-state index in [-0.39, 0.29) is 5.88 Å². The third kappa shape index (κ3) is 3.07. The summed E-state index contributed by atoms with van der Waals surface area (Å²) in [4.78, 5) is 5.35. The van der Waals surface area contributed by atoms with Crippen molar-refractivity contribution in [3.8, 4) is 22.8 Å². The molecule has 1 aliphatic carbocycles. The number of aromatic nitrogens is 3. The minimum Gasteiger partial charge on any atom is -0.493 e. The highest BCUT2D eigenvalue weighted by Crippen LogP contribution is 2.35. The molecule has 1 aliphatic rings. The zero-order valence-electron chi connectivity index (χ0n) is 13.6. The van der Waals surface area contributed by atoms with Crippen LogP contribution in [-0.2, 0) is 10.7 Å². The first-order chi connectivity index (χ1) is 12.0. The van der Waals surface area contributed by atoms with E-state index in [4.69, 9.17) is 16.4 Å². The number of nitrogens with zero attached hydrogens (tertiary/aromatic N) is 3. The molecule has 0 aliphatic heterocycles. The Kier molecular flexibility index (Phi) is 4.09. The van der Waals surface area contributed by atoms with Crippen molar-refractivity contribution in [1.29, 1.82) is 4.78 Å². The second-order valence-corrected chi connectivity index (χ2v) is 8.34. The van der Waals surface area contributed by atoms with Crippen molar-refractivity contribution in [3.63, 3.8) is 0 Å². The second-order valence-electron chi connectivity index (χ2n) is 6.09. The topological polar surface area (TPSA) is 74.8 Å². The van der Waals surface area contributed by atoms with E-state index in [2.05, 4.69) is 10.1 Å². The maximum absolute atomic E-state index is 10.7. The van der Waals surface area contributed by atoms with Gasteiger partial charge in [0.05, 0.1) is 11.3 Å². The zero-order valence-corrected chi connectivity index (χ0v) is 15.2. The quantitative estimate of drug-likeness (QED) is 0.707. The summed E-state index contributed by atoms with van der Waals surface area (Å²) in [7, 11) is -0.492. The Labute approximate surface area is 153 Å². The summed E-state index contributed by atoms with van der Waals surface area (Å²) in [5.74, 6) is 0.587. The van der Waals surface area contributed by atoms with Crippen molar-refractivity contribution in [2.24, 2.45) is 0 Å². The predicted octanol–water partition coefficient (Wildman–Crippen LogP) is 4.50. The Hall–Kier alpha value is -2.18. The average molecular weight is 373 g/mol. The number of pyridine rings is 1. The summed E-state index contributed by atoms with van der Waals surface area (Å²) in [5, 5.41) is 16.2. The molecule has 7 heteroatoms.